The maximum Gasteiger partial charge on any atom is 0.176 e. The topological polar surface area (TPSA) is 63.6 Å². The minimum absolute atomic E-state index is 0.767. The highest BCUT2D eigenvalue weighted by Gasteiger charge is 2.08. The van der Waals surface area contributed by atoms with E-state index in [2.05, 4.69) is 38.5 Å². The maximum absolute atomic E-state index is 4.44. The van der Waals surface area contributed by atoms with Crippen LogP contribution in [-0.4, -0.2) is 25.9 Å². The standard InChI is InChI=1S/C12H17N5S2/c1-4-6-13-10-7-11(15-8(3)14-10)18-12-16-9(5-2)17-19-12/h7H,4-6H2,1-3H3,(H,13,14,15). The summed E-state index contributed by atoms with van der Waals surface area (Å²) in [5.74, 6) is 2.53. The van der Waals surface area contributed by atoms with Crippen LogP contribution in [0.4, 0.5) is 5.82 Å². The van der Waals surface area contributed by atoms with E-state index in [4.69, 9.17) is 0 Å². The summed E-state index contributed by atoms with van der Waals surface area (Å²) >= 11 is 2.96. The van der Waals surface area contributed by atoms with Gasteiger partial charge in [-0.15, -0.1) is 0 Å². The first-order valence-corrected chi connectivity index (χ1v) is 7.90. The third-order valence-electron chi connectivity index (χ3n) is 2.33. The van der Waals surface area contributed by atoms with Gasteiger partial charge in [0.25, 0.3) is 0 Å². The molecular formula is C12H17N5S2. The lowest BCUT2D eigenvalue weighted by atomic mass is 10.4. The van der Waals surface area contributed by atoms with Crippen LogP contribution in [0.15, 0.2) is 15.4 Å². The molecule has 0 saturated heterocycles. The lowest BCUT2D eigenvalue weighted by Crippen LogP contribution is -2.04. The molecule has 1 N–H and O–H groups in total. The Kier molecular flexibility index (Phi) is 5.09. The van der Waals surface area contributed by atoms with Gasteiger partial charge in [-0.25, -0.2) is 15.0 Å². The van der Waals surface area contributed by atoms with Crippen LogP contribution in [0.2, 0.25) is 0 Å². The molecule has 2 aromatic rings. The van der Waals surface area contributed by atoms with E-state index in [1.807, 2.05) is 13.0 Å². The van der Waals surface area contributed by atoms with Crippen LogP contribution in [0.25, 0.3) is 0 Å². The Hall–Kier alpha value is -1.21. The summed E-state index contributed by atoms with van der Waals surface area (Å²) in [5, 5.41) is 4.19. The molecule has 0 saturated carbocycles. The fraction of sp³-hybridized carbons (Fsp3) is 0.500. The van der Waals surface area contributed by atoms with Crippen molar-refractivity contribution in [2.75, 3.05) is 11.9 Å². The molecule has 0 unspecified atom stereocenters. The first-order chi connectivity index (χ1) is 9.21. The summed E-state index contributed by atoms with van der Waals surface area (Å²) in [6.45, 7) is 7.00. The second-order valence-corrected chi connectivity index (χ2v) is 6.02. The third-order valence-corrected chi connectivity index (χ3v) is 4.04. The van der Waals surface area contributed by atoms with E-state index in [0.717, 1.165) is 46.2 Å². The Morgan fingerprint density at radius 1 is 1.26 bits per heavy atom. The lowest BCUT2D eigenvalue weighted by Gasteiger charge is -2.06. The van der Waals surface area contributed by atoms with Crippen molar-refractivity contribution in [1.29, 1.82) is 0 Å². The maximum atomic E-state index is 4.44. The van der Waals surface area contributed by atoms with Crippen LogP contribution in [0.5, 0.6) is 0 Å². The Morgan fingerprint density at radius 2 is 2.11 bits per heavy atom. The van der Waals surface area contributed by atoms with Crippen molar-refractivity contribution in [3.8, 4) is 0 Å². The van der Waals surface area contributed by atoms with Crippen LogP contribution < -0.4 is 5.32 Å². The first kappa shape index (κ1) is 14.2. The van der Waals surface area contributed by atoms with Crippen molar-refractivity contribution < 1.29 is 0 Å². The zero-order chi connectivity index (χ0) is 13.7. The minimum atomic E-state index is 0.767. The molecule has 0 bridgehead atoms. The number of nitrogens with zero attached hydrogens (tertiary/aromatic N) is 4. The Morgan fingerprint density at radius 3 is 2.79 bits per heavy atom. The molecule has 0 aliphatic rings. The summed E-state index contributed by atoms with van der Waals surface area (Å²) in [6, 6.07) is 1.96. The van der Waals surface area contributed by atoms with E-state index in [1.54, 1.807) is 0 Å². The van der Waals surface area contributed by atoms with Gasteiger partial charge in [-0.05, 0) is 36.6 Å². The van der Waals surface area contributed by atoms with Gasteiger partial charge in [0, 0.05) is 19.0 Å². The number of rotatable bonds is 6. The van der Waals surface area contributed by atoms with E-state index < -0.39 is 0 Å². The lowest BCUT2D eigenvalue weighted by molar-refractivity contribution is 0.926. The van der Waals surface area contributed by atoms with E-state index >= 15 is 0 Å². The van der Waals surface area contributed by atoms with Crippen LogP contribution >= 0.6 is 23.3 Å². The summed E-state index contributed by atoms with van der Waals surface area (Å²) in [6.07, 6.45) is 1.94. The van der Waals surface area contributed by atoms with Crippen molar-refractivity contribution in [3.05, 3.63) is 17.7 Å². The molecule has 0 amide bonds. The van der Waals surface area contributed by atoms with Gasteiger partial charge in [0.1, 0.15) is 22.5 Å². The molecule has 7 heteroatoms. The third kappa shape index (κ3) is 4.14. The van der Waals surface area contributed by atoms with Crippen molar-refractivity contribution in [3.63, 3.8) is 0 Å². The van der Waals surface area contributed by atoms with Crippen molar-refractivity contribution in [1.82, 2.24) is 19.3 Å². The molecule has 0 fully saturated rings. The molecule has 0 atom stereocenters. The Bertz CT molecular complexity index is 541. The van der Waals surface area contributed by atoms with Crippen molar-refractivity contribution >= 4 is 29.1 Å². The van der Waals surface area contributed by atoms with Gasteiger partial charge in [-0.3, -0.25) is 0 Å². The average Bonchev–Trinajstić information content (AvgIpc) is 2.83. The molecule has 0 aliphatic heterocycles. The number of nitrogens with one attached hydrogen (secondary N) is 1. The molecular weight excluding hydrogens is 278 g/mol. The molecule has 0 aliphatic carbocycles. The Balaban J connectivity index is 2.12. The average molecular weight is 295 g/mol. The monoisotopic (exact) mass is 295 g/mol. The molecule has 102 valence electrons. The molecule has 19 heavy (non-hydrogen) atoms. The quantitative estimate of drug-likeness (QED) is 0.826. The summed E-state index contributed by atoms with van der Waals surface area (Å²) in [7, 11) is 0. The molecule has 2 rings (SSSR count). The SMILES string of the molecule is CCCNc1cc(Sc2nc(CC)ns2)nc(C)n1. The molecule has 5 nitrogen and oxygen atoms in total. The van der Waals surface area contributed by atoms with Crippen molar-refractivity contribution in [2.24, 2.45) is 0 Å². The highest BCUT2D eigenvalue weighted by molar-refractivity contribution is 8.00. The summed E-state index contributed by atoms with van der Waals surface area (Å²) < 4.78 is 5.20. The van der Waals surface area contributed by atoms with Gasteiger partial charge in [-0.1, -0.05) is 13.8 Å². The minimum Gasteiger partial charge on any atom is -0.370 e. The molecule has 2 heterocycles. The summed E-state index contributed by atoms with van der Waals surface area (Å²) in [4.78, 5) is 13.2. The van der Waals surface area contributed by atoms with Crippen LogP contribution in [0.3, 0.4) is 0 Å². The van der Waals surface area contributed by atoms with E-state index in [0.29, 0.717) is 0 Å². The van der Waals surface area contributed by atoms with Gasteiger partial charge < -0.3 is 5.32 Å². The predicted octanol–water partition coefficient (Wildman–Crippen LogP) is 3.17. The van der Waals surface area contributed by atoms with Gasteiger partial charge in [0.2, 0.25) is 0 Å². The van der Waals surface area contributed by atoms with E-state index in [9.17, 15) is 0 Å². The molecule has 2 aromatic heterocycles. The van der Waals surface area contributed by atoms with E-state index in [-0.39, 0.29) is 0 Å². The van der Waals surface area contributed by atoms with Gasteiger partial charge in [0.05, 0.1) is 0 Å². The van der Waals surface area contributed by atoms with Gasteiger partial charge in [0.15, 0.2) is 4.34 Å². The number of aromatic nitrogens is 4. The second-order valence-electron chi connectivity index (χ2n) is 4.00. The van der Waals surface area contributed by atoms with Gasteiger partial charge in [-0.2, -0.15) is 4.37 Å². The number of aryl methyl sites for hydroxylation is 2. The highest BCUT2D eigenvalue weighted by Crippen LogP contribution is 2.28. The Labute approximate surface area is 121 Å². The van der Waals surface area contributed by atoms with Gasteiger partial charge >= 0.3 is 0 Å². The fourth-order valence-electron chi connectivity index (χ4n) is 1.45. The number of hydrogen-bond acceptors (Lipinski definition) is 7. The molecule has 0 spiro atoms. The largest absolute Gasteiger partial charge is 0.370 e. The predicted molar refractivity (Wildman–Crippen MR) is 79.0 cm³/mol. The van der Waals surface area contributed by atoms with E-state index in [1.165, 1.54) is 23.3 Å². The second kappa shape index (κ2) is 6.81. The zero-order valence-electron chi connectivity index (χ0n) is 11.3. The molecule has 0 aromatic carbocycles. The number of hydrogen-bond donors (Lipinski definition) is 1. The molecule has 0 radical (unpaired) electrons. The van der Waals surface area contributed by atoms with Crippen LogP contribution in [-0.2, 0) is 6.42 Å². The summed E-state index contributed by atoms with van der Waals surface area (Å²) in [5.41, 5.74) is 0. The fourth-order valence-corrected chi connectivity index (χ4v) is 3.14. The highest BCUT2D eigenvalue weighted by atomic mass is 32.2. The van der Waals surface area contributed by atoms with Crippen molar-refractivity contribution in [2.45, 2.75) is 43.0 Å². The first-order valence-electron chi connectivity index (χ1n) is 6.31. The normalized spacial score (nSPS) is 10.7. The number of anilines is 1. The van der Waals surface area contributed by atoms with Crippen LogP contribution in [0, 0.1) is 6.92 Å². The smallest absolute Gasteiger partial charge is 0.176 e. The van der Waals surface area contributed by atoms with Crippen LogP contribution in [0.1, 0.15) is 31.9 Å². The zero-order valence-corrected chi connectivity index (χ0v) is 12.9.